The number of nitrogens with one attached hydrogen (secondary N) is 1. The topological polar surface area (TPSA) is 90.9 Å². The zero-order valence-corrected chi connectivity index (χ0v) is 10.7. The zero-order chi connectivity index (χ0) is 14.5. The van der Waals surface area contributed by atoms with E-state index in [-0.39, 0.29) is 5.75 Å². The van der Waals surface area contributed by atoms with Crippen molar-refractivity contribution in [3.05, 3.63) is 35.7 Å². The summed E-state index contributed by atoms with van der Waals surface area (Å²) in [6.07, 6.45) is 0.300. The Hall–Kier alpha value is -2.13. The highest BCUT2D eigenvalue weighted by molar-refractivity contribution is 5.36. The van der Waals surface area contributed by atoms with E-state index in [0.29, 0.717) is 17.8 Å². The van der Waals surface area contributed by atoms with Crippen molar-refractivity contribution in [3.63, 3.8) is 0 Å². The fourth-order valence-corrected chi connectivity index (χ4v) is 1.82. The SMILES string of the molecule is Cn1nnc(CC(NN)c2ccccc2OC(F)F)n1. The molecule has 0 aliphatic rings. The highest BCUT2D eigenvalue weighted by atomic mass is 19.3. The summed E-state index contributed by atoms with van der Waals surface area (Å²) in [4.78, 5) is 1.31. The Kier molecular flexibility index (Phi) is 4.53. The van der Waals surface area contributed by atoms with Gasteiger partial charge in [0, 0.05) is 12.0 Å². The number of nitrogens with two attached hydrogens (primary N) is 1. The fraction of sp³-hybridized carbons (Fsp3) is 0.364. The Morgan fingerprint density at radius 1 is 1.40 bits per heavy atom. The number of tetrazole rings is 1. The van der Waals surface area contributed by atoms with Crippen LogP contribution in [0.4, 0.5) is 8.78 Å². The van der Waals surface area contributed by atoms with E-state index in [0.717, 1.165) is 0 Å². The van der Waals surface area contributed by atoms with Gasteiger partial charge in [0.2, 0.25) is 0 Å². The van der Waals surface area contributed by atoms with Crippen molar-refractivity contribution in [2.24, 2.45) is 12.9 Å². The first-order chi connectivity index (χ1) is 9.60. The van der Waals surface area contributed by atoms with Crippen molar-refractivity contribution in [3.8, 4) is 5.75 Å². The number of benzene rings is 1. The number of hydrazine groups is 1. The Labute approximate surface area is 113 Å². The maximum absolute atomic E-state index is 12.4. The van der Waals surface area contributed by atoms with Crippen LogP contribution in [0.25, 0.3) is 0 Å². The van der Waals surface area contributed by atoms with Gasteiger partial charge in [0.25, 0.3) is 0 Å². The molecule has 0 saturated carbocycles. The van der Waals surface area contributed by atoms with Crippen LogP contribution in [0, 0.1) is 0 Å². The molecule has 7 nitrogen and oxygen atoms in total. The van der Waals surface area contributed by atoms with Crippen LogP contribution in [0.1, 0.15) is 17.4 Å². The van der Waals surface area contributed by atoms with Crippen LogP contribution in [0.2, 0.25) is 0 Å². The van der Waals surface area contributed by atoms with Gasteiger partial charge in [-0.25, -0.2) is 0 Å². The number of ether oxygens (including phenoxy) is 1. The van der Waals surface area contributed by atoms with Gasteiger partial charge in [-0.2, -0.15) is 13.6 Å². The van der Waals surface area contributed by atoms with Crippen LogP contribution in [-0.2, 0) is 13.5 Å². The second-order valence-electron chi connectivity index (χ2n) is 4.03. The lowest BCUT2D eigenvalue weighted by Gasteiger charge is -2.18. The van der Waals surface area contributed by atoms with E-state index in [2.05, 4.69) is 25.6 Å². The first-order valence-corrected chi connectivity index (χ1v) is 5.83. The third-order valence-electron chi connectivity index (χ3n) is 2.65. The van der Waals surface area contributed by atoms with E-state index in [4.69, 9.17) is 5.84 Å². The summed E-state index contributed by atoms with van der Waals surface area (Å²) in [6.45, 7) is -2.90. The number of halogens is 2. The average molecular weight is 284 g/mol. The molecule has 2 aromatic rings. The van der Waals surface area contributed by atoms with E-state index >= 15 is 0 Å². The summed E-state index contributed by atoms with van der Waals surface area (Å²) in [5, 5.41) is 11.6. The molecule has 108 valence electrons. The predicted molar refractivity (Wildman–Crippen MR) is 65.6 cm³/mol. The molecule has 1 aromatic carbocycles. The molecule has 1 heterocycles. The minimum Gasteiger partial charge on any atom is -0.434 e. The number of aryl methyl sites for hydroxylation is 1. The zero-order valence-electron chi connectivity index (χ0n) is 10.7. The maximum Gasteiger partial charge on any atom is 0.387 e. The average Bonchev–Trinajstić information content (AvgIpc) is 2.82. The molecule has 0 radical (unpaired) electrons. The van der Waals surface area contributed by atoms with Gasteiger partial charge in [-0.05, 0) is 11.3 Å². The summed E-state index contributed by atoms with van der Waals surface area (Å²) in [5.41, 5.74) is 3.05. The second kappa shape index (κ2) is 6.35. The van der Waals surface area contributed by atoms with Crippen LogP contribution in [0.5, 0.6) is 5.75 Å². The molecule has 2 rings (SSSR count). The Bertz CT molecular complexity index is 561. The van der Waals surface area contributed by atoms with Crippen LogP contribution in [0.3, 0.4) is 0 Å². The molecule has 0 bridgehead atoms. The first kappa shape index (κ1) is 14.3. The lowest BCUT2D eigenvalue weighted by atomic mass is 10.0. The van der Waals surface area contributed by atoms with Crippen molar-refractivity contribution < 1.29 is 13.5 Å². The van der Waals surface area contributed by atoms with Crippen LogP contribution >= 0.6 is 0 Å². The van der Waals surface area contributed by atoms with E-state index in [1.807, 2.05) is 0 Å². The standard InChI is InChI=1S/C11H14F2N6O/c1-19-17-10(16-18-19)6-8(15-14)7-4-2-3-5-9(7)20-11(12)13/h2-5,8,11,15H,6,14H2,1H3. The molecule has 0 aliphatic heterocycles. The molecule has 0 spiro atoms. The number of alkyl halides is 2. The molecule has 20 heavy (non-hydrogen) atoms. The van der Waals surface area contributed by atoms with Crippen molar-refractivity contribution in [1.82, 2.24) is 25.6 Å². The van der Waals surface area contributed by atoms with E-state index in [9.17, 15) is 8.78 Å². The summed E-state index contributed by atoms with van der Waals surface area (Å²) < 4.78 is 29.3. The molecule has 0 saturated heterocycles. The summed E-state index contributed by atoms with van der Waals surface area (Å²) in [5.74, 6) is 5.99. The van der Waals surface area contributed by atoms with E-state index in [1.165, 1.54) is 10.9 Å². The van der Waals surface area contributed by atoms with Gasteiger partial charge in [-0.1, -0.05) is 18.2 Å². The normalized spacial score (nSPS) is 12.7. The first-order valence-electron chi connectivity index (χ1n) is 5.83. The largest absolute Gasteiger partial charge is 0.434 e. The van der Waals surface area contributed by atoms with Gasteiger partial charge in [0.1, 0.15) is 5.75 Å². The number of nitrogens with zero attached hydrogens (tertiary/aromatic N) is 4. The molecule has 1 aromatic heterocycles. The van der Waals surface area contributed by atoms with Crippen molar-refractivity contribution in [2.75, 3.05) is 0 Å². The number of para-hydroxylation sites is 1. The minimum absolute atomic E-state index is 0.0642. The highest BCUT2D eigenvalue weighted by Crippen LogP contribution is 2.27. The Morgan fingerprint density at radius 2 is 2.15 bits per heavy atom. The summed E-state index contributed by atoms with van der Waals surface area (Å²) in [7, 11) is 1.63. The predicted octanol–water partition coefficient (Wildman–Crippen LogP) is 0.559. The van der Waals surface area contributed by atoms with Gasteiger partial charge < -0.3 is 4.74 Å². The lowest BCUT2D eigenvalue weighted by Crippen LogP contribution is -2.30. The van der Waals surface area contributed by atoms with E-state index in [1.54, 1.807) is 25.2 Å². The Morgan fingerprint density at radius 3 is 2.75 bits per heavy atom. The molecule has 9 heteroatoms. The lowest BCUT2D eigenvalue weighted by molar-refractivity contribution is -0.0507. The van der Waals surface area contributed by atoms with Crippen LogP contribution in [0.15, 0.2) is 24.3 Å². The molecular formula is C11H14F2N6O. The number of hydrogen-bond acceptors (Lipinski definition) is 6. The molecule has 1 atom stereocenters. The quantitative estimate of drug-likeness (QED) is 0.595. The third kappa shape index (κ3) is 3.45. The molecule has 1 unspecified atom stereocenters. The van der Waals surface area contributed by atoms with Crippen molar-refractivity contribution >= 4 is 0 Å². The summed E-state index contributed by atoms with van der Waals surface area (Å²) in [6, 6.07) is 5.96. The van der Waals surface area contributed by atoms with Gasteiger partial charge in [-0.3, -0.25) is 11.3 Å². The number of aromatic nitrogens is 4. The van der Waals surface area contributed by atoms with Crippen molar-refractivity contribution in [1.29, 1.82) is 0 Å². The fourth-order valence-electron chi connectivity index (χ4n) is 1.82. The van der Waals surface area contributed by atoms with E-state index < -0.39 is 12.7 Å². The molecule has 0 amide bonds. The second-order valence-corrected chi connectivity index (χ2v) is 4.03. The van der Waals surface area contributed by atoms with Gasteiger partial charge in [0.05, 0.1) is 13.1 Å². The maximum atomic E-state index is 12.4. The molecule has 0 fully saturated rings. The van der Waals surface area contributed by atoms with Gasteiger partial charge in [-0.15, -0.1) is 10.2 Å². The Balaban J connectivity index is 2.22. The highest BCUT2D eigenvalue weighted by Gasteiger charge is 2.19. The van der Waals surface area contributed by atoms with Crippen LogP contribution in [-0.4, -0.2) is 26.8 Å². The molecule has 0 aliphatic carbocycles. The monoisotopic (exact) mass is 284 g/mol. The van der Waals surface area contributed by atoms with Gasteiger partial charge >= 0.3 is 6.61 Å². The van der Waals surface area contributed by atoms with Crippen molar-refractivity contribution in [2.45, 2.75) is 19.1 Å². The molecule has 3 N–H and O–H groups in total. The summed E-state index contributed by atoms with van der Waals surface area (Å²) >= 11 is 0. The molecular weight excluding hydrogens is 270 g/mol. The minimum atomic E-state index is -2.90. The smallest absolute Gasteiger partial charge is 0.387 e. The van der Waals surface area contributed by atoms with Gasteiger partial charge in [0.15, 0.2) is 5.82 Å². The third-order valence-corrected chi connectivity index (χ3v) is 2.65. The number of rotatable bonds is 6. The number of hydrogen-bond donors (Lipinski definition) is 2. The van der Waals surface area contributed by atoms with Crippen LogP contribution < -0.4 is 16.0 Å².